The van der Waals surface area contributed by atoms with Crippen molar-refractivity contribution in [2.24, 2.45) is 11.1 Å². The minimum absolute atomic E-state index is 0.0418. The minimum Gasteiger partial charge on any atom is -0.472 e. The Balaban J connectivity index is 1.96. The highest BCUT2D eigenvalue weighted by Crippen LogP contribution is 2.21. The highest BCUT2D eigenvalue weighted by atomic mass is 32.2. The molecule has 0 radical (unpaired) electrons. The van der Waals surface area contributed by atoms with Crippen LogP contribution in [0.1, 0.15) is 12.0 Å². The number of hydrogen-bond acceptors (Lipinski definition) is 4. The van der Waals surface area contributed by atoms with Gasteiger partial charge in [-0.05, 0) is 6.07 Å². The molecule has 1 fully saturated rings. The van der Waals surface area contributed by atoms with E-state index in [0.717, 1.165) is 5.56 Å². The molecule has 1 aromatic rings. The van der Waals surface area contributed by atoms with E-state index in [1.165, 1.54) is 6.26 Å². The topological polar surface area (TPSA) is 93.6 Å². The van der Waals surface area contributed by atoms with E-state index < -0.39 is 10.0 Å². The van der Waals surface area contributed by atoms with Crippen LogP contribution in [0.5, 0.6) is 0 Å². The van der Waals surface area contributed by atoms with E-state index in [2.05, 4.69) is 0 Å². The van der Waals surface area contributed by atoms with Crippen LogP contribution >= 0.6 is 0 Å². The quantitative estimate of drug-likeness (QED) is 0.817. The second-order valence-electron chi connectivity index (χ2n) is 4.31. The van der Waals surface area contributed by atoms with Gasteiger partial charge in [0.25, 0.3) is 0 Å². The molecule has 17 heavy (non-hydrogen) atoms. The molecule has 7 heteroatoms. The maximum absolute atomic E-state index is 11.7. The Bertz CT molecular complexity index is 494. The van der Waals surface area contributed by atoms with E-state index >= 15 is 0 Å². The molecule has 2 rings (SSSR count). The number of amides is 1. The first-order chi connectivity index (χ1) is 7.94. The van der Waals surface area contributed by atoms with Crippen molar-refractivity contribution < 1.29 is 17.6 Å². The second kappa shape index (κ2) is 4.50. The van der Waals surface area contributed by atoms with Crippen LogP contribution in [0.25, 0.3) is 0 Å². The Kier molecular flexibility index (Phi) is 3.21. The van der Waals surface area contributed by atoms with Gasteiger partial charge < -0.3 is 9.32 Å². The van der Waals surface area contributed by atoms with Gasteiger partial charge in [0.2, 0.25) is 15.9 Å². The molecule has 2 heterocycles. The number of likely N-dealkylation sites (tertiary alicyclic amines) is 1. The van der Waals surface area contributed by atoms with Crippen molar-refractivity contribution in [1.29, 1.82) is 0 Å². The van der Waals surface area contributed by atoms with Gasteiger partial charge in [0.15, 0.2) is 0 Å². The molecule has 1 aliphatic rings. The molecule has 1 atom stereocenters. The van der Waals surface area contributed by atoms with Gasteiger partial charge in [0, 0.05) is 31.0 Å². The van der Waals surface area contributed by atoms with Crippen LogP contribution in [0.15, 0.2) is 23.0 Å². The Morgan fingerprint density at radius 1 is 1.53 bits per heavy atom. The van der Waals surface area contributed by atoms with Gasteiger partial charge in [-0.1, -0.05) is 0 Å². The van der Waals surface area contributed by atoms with Crippen LogP contribution in [-0.4, -0.2) is 31.5 Å². The highest BCUT2D eigenvalue weighted by Gasteiger charge is 2.31. The summed E-state index contributed by atoms with van der Waals surface area (Å²) in [5.41, 5.74) is 0.898. The fourth-order valence-corrected chi connectivity index (χ4v) is 2.93. The monoisotopic (exact) mass is 258 g/mol. The summed E-state index contributed by atoms with van der Waals surface area (Å²) in [5, 5.41) is 4.97. The van der Waals surface area contributed by atoms with Gasteiger partial charge in [-0.2, -0.15) is 0 Å². The zero-order valence-electron chi connectivity index (χ0n) is 9.20. The molecule has 1 unspecified atom stereocenters. The maximum Gasteiger partial charge on any atom is 0.223 e. The number of carbonyl (C=O) groups excluding carboxylic acids is 1. The largest absolute Gasteiger partial charge is 0.472 e. The van der Waals surface area contributed by atoms with E-state index in [1.54, 1.807) is 17.2 Å². The summed E-state index contributed by atoms with van der Waals surface area (Å²) in [5.74, 6) is -0.384. The fraction of sp³-hybridized carbons (Fsp3) is 0.500. The Hall–Kier alpha value is -1.34. The van der Waals surface area contributed by atoms with E-state index in [9.17, 15) is 13.2 Å². The lowest BCUT2D eigenvalue weighted by Crippen LogP contribution is -2.27. The molecule has 1 aliphatic heterocycles. The third-order valence-electron chi connectivity index (χ3n) is 2.72. The number of furan rings is 1. The smallest absolute Gasteiger partial charge is 0.223 e. The molecule has 0 saturated carbocycles. The first kappa shape index (κ1) is 12.1. The second-order valence-corrected chi connectivity index (χ2v) is 5.96. The third kappa shape index (κ3) is 3.31. The summed E-state index contributed by atoms with van der Waals surface area (Å²) in [6.07, 6.45) is 3.35. The molecule has 0 bridgehead atoms. The first-order valence-corrected chi connectivity index (χ1v) is 6.95. The molecule has 0 spiro atoms. The van der Waals surface area contributed by atoms with Gasteiger partial charge in [-0.25, -0.2) is 13.6 Å². The molecular weight excluding hydrogens is 244 g/mol. The molecule has 2 N–H and O–H groups in total. The number of nitrogens with two attached hydrogens (primary N) is 1. The predicted octanol–water partition coefficient (Wildman–Crippen LogP) is -0.0834. The summed E-state index contributed by atoms with van der Waals surface area (Å²) in [7, 11) is -3.51. The van der Waals surface area contributed by atoms with Gasteiger partial charge in [0.1, 0.15) is 0 Å². The van der Waals surface area contributed by atoms with Crippen molar-refractivity contribution in [2.75, 3.05) is 12.3 Å². The zero-order chi connectivity index (χ0) is 12.5. The Morgan fingerprint density at radius 3 is 2.88 bits per heavy atom. The lowest BCUT2D eigenvalue weighted by atomic mass is 10.1. The van der Waals surface area contributed by atoms with Gasteiger partial charge >= 0.3 is 0 Å². The molecule has 94 valence electrons. The number of rotatable bonds is 4. The lowest BCUT2D eigenvalue weighted by molar-refractivity contribution is -0.128. The van der Waals surface area contributed by atoms with Gasteiger partial charge in [-0.15, -0.1) is 0 Å². The predicted molar refractivity (Wildman–Crippen MR) is 60.2 cm³/mol. The minimum atomic E-state index is -3.51. The first-order valence-electron chi connectivity index (χ1n) is 5.23. The highest BCUT2D eigenvalue weighted by molar-refractivity contribution is 7.89. The average molecular weight is 258 g/mol. The molecule has 0 aliphatic carbocycles. The number of primary sulfonamides is 1. The van der Waals surface area contributed by atoms with Crippen molar-refractivity contribution >= 4 is 15.9 Å². The fourth-order valence-electron chi connectivity index (χ4n) is 2.05. The number of hydrogen-bond donors (Lipinski definition) is 1. The normalized spacial score (nSPS) is 21.1. The summed E-state index contributed by atoms with van der Waals surface area (Å²) in [6, 6.07) is 1.78. The standard InChI is InChI=1S/C10H14N2O4S/c11-17(14,15)7-9-3-10(13)12(5-9)4-8-1-2-16-6-8/h1-2,6,9H,3-5,7H2,(H2,11,14,15). The average Bonchev–Trinajstić information content (AvgIpc) is 2.75. The van der Waals surface area contributed by atoms with Crippen molar-refractivity contribution in [3.05, 3.63) is 24.2 Å². The summed E-state index contributed by atoms with van der Waals surface area (Å²) in [6.45, 7) is 0.886. The number of carbonyl (C=O) groups is 1. The lowest BCUT2D eigenvalue weighted by Gasteiger charge is -2.15. The van der Waals surface area contributed by atoms with Crippen LogP contribution in [0.3, 0.4) is 0 Å². The summed E-state index contributed by atoms with van der Waals surface area (Å²) >= 11 is 0. The van der Waals surface area contributed by atoms with Gasteiger partial charge in [0.05, 0.1) is 18.3 Å². The number of nitrogens with zero attached hydrogens (tertiary/aromatic N) is 1. The van der Waals surface area contributed by atoms with Crippen LogP contribution in [0.4, 0.5) is 0 Å². The third-order valence-corrected chi connectivity index (χ3v) is 3.65. The Morgan fingerprint density at radius 2 is 2.29 bits per heavy atom. The van der Waals surface area contributed by atoms with Crippen molar-refractivity contribution in [3.8, 4) is 0 Å². The molecule has 1 saturated heterocycles. The van der Waals surface area contributed by atoms with Crippen molar-refractivity contribution in [3.63, 3.8) is 0 Å². The zero-order valence-corrected chi connectivity index (χ0v) is 10.0. The van der Waals surface area contributed by atoms with Gasteiger partial charge in [-0.3, -0.25) is 4.79 Å². The van der Waals surface area contributed by atoms with Crippen LogP contribution in [-0.2, 0) is 21.4 Å². The summed E-state index contributed by atoms with van der Waals surface area (Å²) < 4.78 is 26.8. The molecule has 6 nitrogen and oxygen atoms in total. The van der Waals surface area contributed by atoms with E-state index in [-0.39, 0.29) is 24.0 Å². The molecule has 1 amide bonds. The van der Waals surface area contributed by atoms with E-state index in [1.807, 2.05) is 0 Å². The van der Waals surface area contributed by atoms with Crippen LogP contribution in [0, 0.1) is 5.92 Å². The SMILES string of the molecule is NS(=O)(=O)CC1CC(=O)N(Cc2ccoc2)C1. The van der Waals surface area contributed by atoms with Crippen molar-refractivity contribution in [1.82, 2.24) is 4.90 Å². The molecular formula is C10H14N2O4S. The summed E-state index contributed by atoms with van der Waals surface area (Å²) in [4.78, 5) is 13.3. The van der Waals surface area contributed by atoms with Crippen LogP contribution < -0.4 is 5.14 Å². The van der Waals surface area contributed by atoms with Crippen molar-refractivity contribution in [2.45, 2.75) is 13.0 Å². The number of sulfonamides is 1. The Labute approximate surface area is 99.4 Å². The molecule has 0 aromatic carbocycles. The van der Waals surface area contributed by atoms with E-state index in [0.29, 0.717) is 13.1 Å². The van der Waals surface area contributed by atoms with Crippen LogP contribution in [0.2, 0.25) is 0 Å². The molecule has 1 aromatic heterocycles. The maximum atomic E-state index is 11.7. The van der Waals surface area contributed by atoms with E-state index in [4.69, 9.17) is 9.56 Å².